The van der Waals surface area contributed by atoms with Crippen LogP contribution in [0.2, 0.25) is 0 Å². The Hall–Kier alpha value is -4.21. The second kappa shape index (κ2) is 9.44. The molecule has 3 aliphatic rings. The topological polar surface area (TPSA) is 76.2 Å². The smallest absolute Gasteiger partial charge is 0.406 e. The molecule has 36 heavy (non-hydrogen) atoms. The minimum atomic E-state index is -4.76. The number of nitrogens with zero attached hydrogens (tertiary/aromatic N) is 5. The van der Waals surface area contributed by atoms with Crippen LogP contribution < -0.4 is 15.4 Å². The van der Waals surface area contributed by atoms with Crippen molar-refractivity contribution in [2.75, 3.05) is 18.4 Å². The molecule has 0 unspecified atom stereocenters. The van der Waals surface area contributed by atoms with Crippen LogP contribution >= 0.6 is 0 Å². The van der Waals surface area contributed by atoms with E-state index in [-0.39, 0.29) is 11.8 Å². The molecule has 0 saturated carbocycles. The number of ether oxygens (including phenoxy) is 1. The van der Waals surface area contributed by atoms with Gasteiger partial charge in [-0.2, -0.15) is 0 Å². The van der Waals surface area contributed by atoms with Gasteiger partial charge in [0.25, 0.3) is 0 Å². The van der Waals surface area contributed by atoms with E-state index in [1.807, 2.05) is 54.8 Å². The zero-order valence-corrected chi connectivity index (χ0v) is 19.6. The SMILES string of the molecule is CC(C)/N=c1\cc2n(-c3ccc(OC(F)(F)F)cc3)c3ccccc3nc-2cc1NC1=NCCN=C1. The van der Waals surface area contributed by atoms with Gasteiger partial charge in [-0.05, 0) is 62.4 Å². The summed E-state index contributed by atoms with van der Waals surface area (Å²) in [5.41, 5.74) is 4.37. The summed E-state index contributed by atoms with van der Waals surface area (Å²) in [5.74, 6) is 0.362. The molecule has 1 N–H and O–H groups in total. The standard InChI is InChI=1S/C26H23F3N6O/c1-16(2)32-21-14-24-22(13-20(21)34-25-15-30-11-12-31-25)33-19-5-3-4-6-23(19)35(24)17-7-9-18(10-8-17)36-26(27,28)29/h3-10,13-16H,11-12H2,1-2H3,(H,31,34)/b32-21+. The molecular weight excluding hydrogens is 469 g/mol. The third-order valence-electron chi connectivity index (χ3n) is 5.41. The van der Waals surface area contributed by atoms with Crippen molar-refractivity contribution in [2.24, 2.45) is 15.0 Å². The number of aromatic nitrogens is 2. The summed E-state index contributed by atoms with van der Waals surface area (Å²) >= 11 is 0. The average molecular weight is 493 g/mol. The molecule has 0 bridgehead atoms. The molecule has 2 heterocycles. The summed E-state index contributed by atoms with van der Waals surface area (Å²) in [6.07, 6.45) is -3.06. The molecule has 10 heteroatoms. The highest BCUT2D eigenvalue weighted by Gasteiger charge is 2.31. The van der Waals surface area contributed by atoms with Crippen molar-refractivity contribution in [2.45, 2.75) is 26.3 Å². The van der Waals surface area contributed by atoms with Gasteiger partial charge in [0.05, 0.1) is 52.8 Å². The first kappa shape index (κ1) is 23.5. The number of halogens is 3. The first-order valence-electron chi connectivity index (χ1n) is 11.4. The molecule has 0 fully saturated rings. The number of fused-ring (bicyclic) bond motifs is 2. The lowest BCUT2D eigenvalue weighted by Gasteiger charge is -2.21. The second-order valence-electron chi connectivity index (χ2n) is 8.49. The summed E-state index contributed by atoms with van der Waals surface area (Å²) in [5, 5.41) is 4.03. The van der Waals surface area contributed by atoms with Crippen molar-refractivity contribution >= 4 is 28.8 Å². The van der Waals surface area contributed by atoms with Gasteiger partial charge in [0.15, 0.2) is 0 Å². The van der Waals surface area contributed by atoms with Crippen molar-refractivity contribution in [1.29, 1.82) is 0 Å². The fraction of sp³-hybridized carbons (Fsp3) is 0.231. The molecule has 7 nitrogen and oxygen atoms in total. The summed E-state index contributed by atoms with van der Waals surface area (Å²) in [7, 11) is 0. The summed E-state index contributed by atoms with van der Waals surface area (Å²) in [4.78, 5) is 18.4. The Kier molecular flexibility index (Phi) is 6.17. The molecule has 2 aromatic carbocycles. The number of nitrogens with one attached hydrogen (secondary N) is 1. The van der Waals surface area contributed by atoms with Crippen LogP contribution in [0.5, 0.6) is 5.75 Å². The quantitative estimate of drug-likeness (QED) is 0.396. The number of hydrogen-bond donors (Lipinski definition) is 1. The van der Waals surface area contributed by atoms with E-state index >= 15 is 0 Å². The molecule has 2 aromatic rings. The Balaban J connectivity index is 1.72. The van der Waals surface area contributed by atoms with E-state index in [0.29, 0.717) is 35.7 Å². The third kappa shape index (κ3) is 5.07. The van der Waals surface area contributed by atoms with Gasteiger partial charge in [0.1, 0.15) is 11.6 Å². The largest absolute Gasteiger partial charge is 0.573 e. The van der Waals surface area contributed by atoms with E-state index in [1.54, 1.807) is 18.3 Å². The number of hydrogen-bond acceptors (Lipinski definition) is 6. The molecule has 1 aliphatic carbocycles. The lowest BCUT2D eigenvalue weighted by molar-refractivity contribution is -0.274. The second-order valence-corrected chi connectivity index (χ2v) is 8.49. The van der Waals surface area contributed by atoms with Crippen molar-refractivity contribution in [3.05, 3.63) is 66.0 Å². The molecule has 0 aromatic heterocycles. The van der Waals surface area contributed by atoms with Crippen LogP contribution in [0.25, 0.3) is 28.1 Å². The van der Waals surface area contributed by atoms with E-state index < -0.39 is 6.36 Å². The Bertz CT molecular complexity index is 1500. The third-order valence-corrected chi connectivity index (χ3v) is 5.41. The number of amidine groups is 1. The average Bonchev–Trinajstić information content (AvgIpc) is 2.83. The lowest BCUT2D eigenvalue weighted by atomic mass is 10.1. The molecule has 0 atom stereocenters. The van der Waals surface area contributed by atoms with Gasteiger partial charge in [-0.15, -0.1) is 13.2 Å². The maximum absolute atomic E-state index is 12.7. The van der Waals surface area contributed by atoms with Gasteiger partial charge in [-0.3, -0.25) is 15.0 Å². The van der Waals surface area contributed by atoms with Crippen LogP contribution in [-0.4, -0.2) is 47.1 Å². The Morgan fingerprint density at radius 1 is 1.03 bits per heavy atom. The van der Waals surface area contributed by atoms with Crippen molar-refractivity contribution in [3.63, 3.8) is 0 Å². The minimum Gasteiger partial charge on any atom is -0.406 e. The minimum absolute atomic E-state index is 0.0191. The van der Waals surface area contributed by atoms with Crippen molar-refractivity contribution in [3.8, 4) is 22.8 Å². The van der Waals surface area contributed by atoms with Gasteiger partial charge >= 0.3 is 6.36 Å². The molecule has 0 radical (unpaired) electrons. The highest BCUT2D eigenvalue weighted by Crippen LogP contribution is 2.31. The molecule has 5 rings (SSSR count). The number of benzene rings is 3. The fourth-order valence-corrected chi connectivity index (χ4v) is 4.03. The van der Waals surface area contributed by atoms with Crippen LogP contribution in [0.4, 0.5) is 18.9 Å². The Morgan fingerprint density at radius 3 is 2.50 bits per heavy atom. The van der Waals surface area contributed by atoms with Crippen LogP contribution in [0.1, 0.15) is 13.8 Å². The van der Waals surface area contributed by atoms with Crippen molar-refractivity contribution < 1.29 is 17.9 Å². The maximum Gasteiger partial charge on any atom is 0.573 e. The van der Waals surface area contributed by atoms with Gasteiger partial charge in [-0.25, -0.2) is 4.98 Å². The lowest BCUT2D eigenvalue weighted by Crippen LogP contribution is -2.24. The number of aliphatic imine (C=N–C) groups is 2. The molecule has 0 amide bonds. The highest BCUT2D eigenvalue weighted by atomic mass is 19.4. The van der Waals surface area contributed by atoms with Crippen molar-refractivity contribution in [1.82, 2.24) is 9.55 Å². The van der Waals surface area contributed by atoms with E-state index in [1.165, 1.54) is 12.1 Å². The summed E-state index contributed by atoms with van der Waals surface area (Å²) in [6.45, 7) is 5.24. The van der Waals surface area contributed by atoms with E-state index in [2.05, 4.69) is 20.0 Å². The number of anilines is 1. The number of rotatable bonds is 4. The maximum atomic E-state index is 12.7. The van der Waals surface area contributed by atoms with Crippen LogP contribution in [-0.2, 0) is 0 Å². The zero-order chi connectivity index (χ0) is 25.3. The van der Waals surface area contributed by atoms with E-state index in [4.69, 9.17) is 9.98 Å². The Morgan fingerprint density at radius 2 is 1.81 bits per heavy atom. The fourth-order valence-electron chi connectivity index (χ4n) is 4.03. The summed E-state index contributed by atoms with van der Waals surface area (Å²) in [6, 6.07) is 17.2. The molecule has 2 aliphatic heterocycles. The van der Waals surface area contributed by atoms with Gasteiger partial charge in [-0.1, -0.05) is 12.1 Å². The normalized spacial score (nSPS) is 14.5. The van der Waals surface area contributed by atoms with Gasteiger partial charge in [0.2, 0.25) is 0 Å². The summed E-state index contributed by atoms with van der Waals surface area (Å²) < 4.78 is 44.0. The highest BCUT2D eigenvalue weighted by molar-refractivity contribution is 6.35. The van der Waals surface area contributed by atoms with Crippen LogP contribution in [0, 0.1) is 0 Å². The first-order chi connectivity index (χ1) is 17.3. The molecule has 0 saturated heterocycles. The molecule has 184 valence electrons. The predicted molar refractivity (Wildman–Crippen MR) is 134 cm³/mol. The first-order valence-corrected chi connectivity index (χ1v) is 11.4. The van der Waals surface area contributed by atoms with Gasteiger partial charge in [0, 0.05) is 11.7 Å². The monoisotopic (exact) mass is 492 g/mol. The molecular formula is C26H23F3N6O. The van der Waals surface area contributed by atoms with E-state index in [0.717, 1.165) is 22.4 Å². The predicted octanol–water partition coefficient (Wildman–Crippen LogP) is 5.23. The van der Waals surface area contributed by atoms with Gasteiger partial charge < -0.3 is 14.6 Å². The Labute approximate surface area is 205 Å². The van der Waals surface area contributed by atoms with Crippen LogP contribution in [0.15, 0.2) is 75.6 Å². The number of para-hydroxylation sites is 2. The zero-order valence-electron chi connectivity index (χ0n) is 19.6. The van der Waals surface area contributed by atoms with E-state index in [9.17, 15) is 13.2 Å². The molecule has 0 spiro atoms. The number of alkyl halides is 3. The van der Waals surface area contributed by atoms with Crippen LogP contribution in [0.3, 0.4) is 0 Å².